The lowest BCUT2D eigenvalue weighted by Crippen LogP contribution is -2.29. The van der Waals surface area contributed by atoms with Gasteiger partial charge in [0.05, 0.1) is 22.4 Å². The van der Waals surface area contributed by atoms with E-state index in [4.69, 9.17) is 0 Å². The summed E-state index contributed by atoms with van der Waals surface area (Å²) < 4.78 is 6.69. The molecule has 1 amide bonds. The summed E-state index contributed by atoms with van der Waals surface area (Å²) in [5.41, 5.74) is 0.709. The summed E-state index contributed by atoms with van der Waals surface area (Å²) >= 11 is 4.55. The lowest BCUT2D eigenvalue weighted by molar-refractivity contribution is 0.0791. The Morgan fingerprint density at radius 3 is 3.05 bits per heavy atom. The van der Waals surface area contributed by atoms with Crippen molar-refractivity contribution < 1.29 is 4.79 Å². The smallest absolute Gasteiger partial charge is 0.267 e. The molecule has 0 aliphatic carbocycles. The third-order valence-electron chi connectivity index (χ3n) is 3.24. The van der Waals surface area contributed by atoms with Crippen molar-refractivity contribution in [2.75, 3.05) is 13.1 Å². The Kier molecular flexibility index (Phi) is 3.36. The Bertz CT molecular complexity index is 610. The average molecular weight is 342 g/mol. The van der Waals surface area contributed by atoms with Crippen molar-refractivity contribution in [3.05, 3.63) is 27.4 Å². The Hall–Kier alpha value is -1.28. The topological polar surface area (TPSA) is 63.9 Å². The van der Waals surface area contributed by atoms with Gasteiger partial charge in [-0.1, -0.05) is 4.49 Å². The van der Waals surface area contributed by atoms with Gasteiger partial charge in [-0.15, -0.1) is 5.10 Å². The molecule has 2 aromatic rings. The van der Waals surface area contributed by atoms with Crippen LogP contribution in [0, 0.1) is 6.92 Å². The van der Waals surface area contributed by atoms with Crippen LogP contribution in [0.3, 0.4) is 0 Å². The number of likely N-dealkylation sites (tertiary alicyclic amines) is 1. The molecule has 0 spiro atoms. The monoisotopic (exact) mass is 341 g/mol. The molecule has 1 saturated heterocycles. The van der Waals surface area contributed by atoms with Gasteiger partial charge in [0, 0.05) is 19.3 Å². The average Bonchev–Trinajstić information content (AvgIpc) is 3.07. The minimum Gasteiger partial charge on any atom is -0.336 e. The van der Waals surface area contributed by atoms with E-state index in [1.807, 2.05) is 22.7 Å². The van der Waals surface area contributed by atoms with Gasteiger partial charge in [0.25, 0.3) is 5.91 Å². The molecule has 8 heteroatoms. The predicted molar refractivity (Wildman–Crippen MR) is 74.1 cm³/mol. The second-order valence-electron chi connectivity index (χ2n) is 4.52. The Morgan fingerprint density at radius 1 is 1.58 bits per heavy atom. The van der Waals surface area contributed by atoms with E-state index in [0.29, 0.717) is 17.1 Å². The van der Waals surface area contributed by atoms with E-state index < -0.39 is 0 Å². The molecule has 1 unspecified atom stereocenters. The number of aromatic nitrogens is 4. The van der Waals surface area contributed by atoms with E-state index in [1.165, 1.54) is 0 Å². The largest absolute Gasteiger partial charge is 0.336 e. The number of hydrogen-bond acceptors (Lipinski definition) is 5. The van der Waals surface area contributed by atoms with Crippen LogP contribution in [0.5, 0.6) is 0 Å². The fourth-order valence-electron chi connectivity index (χ4n) is 2.23. The Balaban J connectivity index is 1.72. The fourth-order valence-corrected chi connectivity index (χ4v) is 3.15. The normalized spacial score (nSPS) is 19.1. The molecular weight excluding hydrogens is 330 g/mol. The van der Waals surface area contributed by atoms with Crippen molar-refractivity contribution in [1.82, 2.24) is 24.3 Å². The van der Waals surface area contributed by atoms with Crippen LogP contribution in [-0.2, 0) is 0 Å². The number of carbonyl (C=O) groups is 1. The van der Waals surface area contributed by atoms with Gasteiger partial charge < -0.3 is 4.90 Å². The summed E-state index contributed by atoms with van der Waals surface area (Å²) in [6, 6.07) is 0.247. The van der Waals surface area contributed by atoms with E-state index >= 15 is 0 Å². The molecule has 0 bridgehead atoms. The highest BCUT2D eigenvalue weighted by Crippen LogP contribution is 2.25. The zero-order valence-corrected chi connectivity index (χ0v) is 12.7. The zero-order chi connectivity index (χ0) is 13.4. The molecule has 1 fully saturated rings. The minimum atomic E-state index is 0.0289. The van der Waals surface area contributed by atoms with Gasteiger partial charge in [0.1, 0.15) is 4.88 Å². The molecule has 19 heavy (non-hydrogen) atoms. The van der Waals surface area contributed by atoms with Crippen molar-refractivity contribution >= 4 is 33.4 Å². The highest BCUT2D eigenvalue weighted by Gasteiger charge is 2.30. The maximum atomic E-state index is 12.3. The van der Waals surface area contributed by atoms with Crippen molar-refractivity contribution in [1.29, 1.82) is 0 Å². The first-order valence-corrected chi connectivity index (χ1v) is 7.49. The second-order valence-corrected chi connectivity index (χ2v) is 6.19. The van der Waals surface area contributed by atoms with E-state index in [9.17, 15) is 4.79 Å². The molecule has 0 radical (unpaired) electrons. The molecule has 3 rings (SSSR count). The zero-order valence-electron chi connectivity index (χ0n) is 10.3. The third-order valence-corrected chi connectivity index (χ3v) is 4.47. The van der Waals surface area contributed by atoms with Crippen LogP contribution in [0.25, 0.3) is 0 Å². The Morgan fingerprint density at radius 2 is 2.42 bits per heavy atom. The number of aryl methyl sites for hydroxylation is 1. The van der Waals surface area contributed by atoms with Gasteiger partial charge >= 0.3 is 0 Å². The third kappa shape index (κ3) is 2.42. The highest BCUT2D eigenvalue weighted by molar-refractivity contribution is 9.10. The summed E-state index contributed by atoms with van der Waals surface area (Å²) in [6.45, 7) is 3.25. The predicted octanol–water partition coefficient (Wildman–Crippen LogP) is 1.89. The van der Waals surface area contributed by atoms with Gasteiger partial charge in [-0.3, -0.25) is 9.48 Å². The quantitative estimate of drug-likeness (QED) is 0.836. The van der Waals surface area contributed by atoms with Crippen LogP contribution >= 0.6 is 27.5 Å². The molecule has 3 heterocycles. The first-order chi connectivity index (χ1) is 9.15. The summed E-state index contributed by atoms with van der Waals surface area (Å²) in [6.07, 6.45) is 4.63. The minimum absolute atomic E-state index is 0.0289. The first kappa shape index (κ1) is 12.7. The molecular formula is C11H12BrN5OS. The summed E-state index contributed by atoms with van der Waals surface area (Å²) in [4.78, 5) is 14.8. The fraction of sp³-hybridized carbons (Fsp3) is 0.455. The van der Waals surface area contributed by atoms with Crippen molar-refractivity contribution in [2.24, 2.45) is 0 Å². The van der Waals surface area contributed by atoms with E-state index in [0.717, 1.165) is 29.0 Å². The number of carbonyl (C=O) groups excluding carboxylic acids is 1. The molecule has 0 saturated carbocycles. The molecule has 1 aliphatic rings. The van der Waals surface area contributed by atoms with Crippen molar-refractivity contribution in [3.8, 4) is 0 Å². The van der Waals surface area contributed by atoms with E-state index in [1.54, 1.807) is 6.20 Å². The lowest BCUT2D eigenvalue weighted by atomic mass is 10.3. The van der Waals surface area contributed by atoms with Crippen LogP contribution in [0.1, 0.15) is 27.8 Å². The maximum absolute atomic E-state index is 12.3. The lowest BCUT2D eigenvalue weighted by Gasteiger charge is -2.15. The van der Waals surface area contributed by atoms with Gasteiger partial charge in [-0.05, 0) is 40.8 Å². The maximum Gasteiger partial charge on any atom is 0.267 e. The number of nitrogens with zero attached hydrogens (tertiary/aromatic N) is 5. The Labute approximate surface area is 122 Å². The summed E-state index contributed by atoms with van der Waals surface area (Å²) in [5, 5.41) is 8.17. The molecule has 1 aliphatic heterocycles. The molecule has 0 N–H and O–H groups in total. The van der Waals surface area contributed by atoms with Crippen LogP contribution in [0.2, 0.25) is 0 Å². The first-order valence-electron chi connectivity index (χ1n) is 5.93. The highest BCUT2D eigenvalue weighted by atomic mass is 79.9. The number of amides is 1. The molecule has 2 aromatic heterocycles. The van der Waals surface area contributed by atoms with Crippen LogP contribution < -0.4 is 0 Å². The second kappa shape index (κ2) is 5.01. The molecule has 6 nitrogen and oxygen atoms in total. The van der Waals surface area contributed by atoms with Crippen molar-refractivity contribution in [2.45, 2.75) is 19.4 Å². The summed E-state index contributed by atoms with van der Waals surface area (Å²) in [5.74, 6) is 0.0289. The molecule has 0 aromatic carbocycles. The summed E-state index contributed by atoms with van der Waals surface area (Å²) in [7, 11) is 0. The number of halogens is 1. The van der Waals surface area contributed by atoms with Gasteiger partial charge in [0.15, 0.2) is 0 Å². The van der Waals surface area contributed by atoms with Crippen LogP contribution in [-0.4, -0.2) is 43.3 Å². The van der Waals surface area contributed by atoms with E-state index in [-0.39, 0.29) is 11.9 Å². The van der Waals surface area contributed by atoms with Crippen LogP contribution in [0.4, 0.5) is 0 Å². The molecule has 1 atom stereocenters. The van der Waals surface area contributed by atoms with Crippen LogP contribution in [0.15, 0.2) is 16.9 Å². The van der Waals surface area contributed by atoms with Gasteiger partial charge in [0.2, 0.25) is 0 Å². The number of rotatable bonds is 2. The SMILES string of the molecule is Cc1nnsc1C(=O)N1CCC(n2cc(Br)cn2)C1. The van der Waals surface area contributed by atoms with E-state index in [2.05, 4.69) is 30.6 Å². The standard InChI is InChI=1S/C11H12BrN5OS/c1-7-10(19-15-14-7)11(18)16-3-2-9(6-16)17-5-8(12)4-13-17/h4-5,9H,2-3,6H2,1H3. The van der Waals surface area contributed by atoms with Crippen molar-refractivity contribution in [3.63, 3.8) is 0 Å². The van der Waals surface area contributed by atoms with Gasteiger partial charge in [-0.25, -0.2) is 0 Å². The van der Waals surface area contributed by atoms with Gasteiger partial charge in [-0.2, -0.15) is 5.10 Å². The number of hydrogen-bond donors (Lipinski definition) is 0. The molecule has 100 valence electrons.